The summed E-state index contributed by atoms with van der Waals surface area (Å²) in [5, 5.41) is 3.78. The molecular formula is C15H18N4O. The molecule has 0 radical (unpaired) electrons. The summed E-state index contributed by atoms with van der Waals surface area (Å²) in [6.07, 6.45) is 13.3. The molecule has 2 heterocycles. The fourth-order valence-electron chi connectivity index (χ4n) is 2.86. The summed E-state index contributed by atoms with van der Waals surface area (Å²) in [4.78, 5) is 24.4. The number of pyridine rings is 1. The molecule has 20 heavy (non-hydrogen) atoms. The van der Waals surface area contributed by atoms with E-state index >= 15 is 0 Å². The number of rotatable bonds is 3. The van der Waals surface area contributed by atoms with Gasteiger partial charge in [-0.05, 0) is 18.8 Å². The highest BCUT2D eigenvalue weighted by Crippen LogP contribution is 2.27. The van der Waals surface area contributed by atoms with Gasteiger partial charge >= 0.3 is 0 Å². The van der Waals surface area contributed by atoms with Crippen molar-refractivity contribution in [2.24, 2.45) is 5.92 Å². The third-order valence-corrected chi connectivity index (χ3v) is 3.91. The van der Waals surface area contributed by atoms with Gasteiger partial charge in [-0.25, -0.2) is 9.97 Å². The molecule has 0 spiro atoms. The molecule has 2 aromatic heterocycles. The van der Waals surface area contributed by atoms with Gasteiger partial charge in [0.1, 0.15) is 6.33 Å². The summed E-state index contributed by atoms with van der Waals surface area (Å²) in [7, 11) is 0. The maximum absolute atomic E-state index is 12.1. The van der Waals surface area contributed by atoms with Crippen molar-refractivity contribution in [3.05, 3.63) is 24.9 Å². The van der Waals surface area contributed by atoms with Gasteiger partial charge in [0.2, 0.25) is 5.91 Å². The molecule has 5 nitrogen and oxygen atoms in total. The summed E-state index contributed by atoms with van der Waals surface area (Å²) in [6, 6.07) is 0. The lowest BCUT2D eigenvalue weighted by Crippen LogP contribution is -2.18. The number of aromatic nitrogens is 3. The number of amides is 1. The van der Waals surface area contributed by atoms with Crippen molar-refractivity contribution in [1.82, 2.24) is 15.0 Å². The van der Waals surface area contributed by atoms with Crippen LogP contribution in [-0.2, 0) is 4.79 Å². The van der Waals surface area contributed by atoms with Crippen LogP contribution in [-0.4, -0.2) is 20.9 Å². The maximum Gasteiger partial charge on any atom is 0.224 e. The van der Waals surface area contributed by atoms with Gasteiger partial charge in [0, 0.05) is 18.0 Å². The van der Waals surface area contributed by atoms with Gasteiger partial charge in [-0.1, -0.05) is 19.3 Å². The lowest BCUT2D eigenvalue weighted by molar-refractivity contribution is -0.117. The average Bonchev–Trinajstić information content (AvgIpc) is 2.48. The molecule has 1 fully saturated rings. The fourth-order valence-corrected chi connectivity index (χ4v) is 2.86. The first-order chi connectivity index (χ1) is 9.83. The van der Waals surface area contributed by atoms with Crippen LogP contribution in [0.25, 0.3) is 10.9 Å². The molecule has 1 aliphatic carbocycles. The Balaban J connectivity index is 1.71. The van der Waals surface area contributed by atoms with Gasteiger partial charge < -0.3 is 5.32 Å². The molecule has 104 valence electrons. The number of nitrogens with zero attached hydrogens (tertiary/aromatic N) is 3. The number of fused-ring (bicyclic) bond motifs is 1. The summed E-state index contributed by atoms with van der Waals surface area (Å²) in [5.74, 6) is 0.595. The second kappa shape index (κ2) is 5.94. The summed E-state index contributed by atoms with van der Waals surface area (Å²) >= 11 is 0. The first-order valence-electron chi connectivity index (χ1n) is 7.16. The highest BCUT2D eigenvalue weighted by Gasteiger charge is 2.17. The normalized spacial score (nSPS) is 16.2. The molecular weight excluding hydrogens is 252 g/mol. The summed E-state index contributed by atoms with van der Waals surface area (Å²) in [6.45, 7) is 0. The van der Waals surface area contributed by atoms with Crippen LogP contribution in [0.15, 0.2) is 24.9 Å². The first kappa shape index (κ1) is 13.0. The Labute approximate surface area is 117 Å². The Morgan fingerprint density at radius 2 is 2.00 bits per heavy atom. The Morgan fingerprint density at radius 3 is 2.85 bits per heavy atom. The molecule has 0 aliphatic heterocycles. The maximum atomic E-state index is 12.1. The highest BCUT2D eigenvalue weighted by atomic mass is 16.1. The predicted molar refractivity (Wildman–Crippen MR) is 77.2 cm³/mol. The third-order valence-electron chi connectivity index (χ3n) is 3.91. The highest BCUT2D eigenvalue weighted by molar-refractivity contribution is 6.00. The topological polar surface area (TPSA) is 67.8 Å². The van der Waals surface area contributed by atoms with Crippen molar-refractivity contribution in [2.45, 2.75) is 38.5 Å². The third kappa shape index (κ3) is 2.92. The lowest BCUT2D eigenvalue weighted by atomic mass is 9.87. The number of anilines is 1. The predicted octanol–water partition coefficient (Wildman–Crippen LogP) is 2.93. The minimum Gasteiger partial charge on any atom is -0.324 e. The zero-order valence-corrected chi connectivity index (χ0v) is 11.4. The number of carbonyl (C=O) groups excluding carboxylic acids is 1. The van der Waals surface area contributed by atoms with Crippen molar-refractivity contribution < 1.29 is 4.79 Å². The molecule has 0 saturated heterocycles. The second-order valence-corrected chi connectivity index (χ2v) is 5.40. The zero-order chi connectivity index (χ0) is 13.8. The molecule has 2 aromatic rings. The number of hydrogen-bond donors (Lipinski definition) is 1. The van der Waals surface area contributed by atoms with E-state index in [9.17, 15) is 4.79 Å². The Bertz CT molecular complexity index is 602. The van der Waals surface area contributed by atoms with Crippen molar-refractivity contribution in [3.8, 4) is 0 Å². The van der Waals surface area contributed by atoms with E-state index in [4.69, 9.17) is 0 Å². The Morgan fingerprint density at radius 1 is 1.15 bits per heavy atom. The van der Waals surface area contributed by atoms with Crippen LogP contribution in [0.2, 0.25) is 0 Å². The number of carbonyl (C=O) groups is 1. The number of hydrogen-bond acceptors (Lipinski definition) is 4. The lowest BCUT2D eigenvalue weighted by Gasteiger charge is -2.20. The molecule has 1 amide bonds. The van der Waals surface area contributed by atoms with Crippen LogP contribution in [0.5, 0.6) is 0 Å². The van der Waals surface area contributed by atoms with Crippen molar-refractivity contribution in [1.29, 1.82) is 0 Å². The largest absolute Gasteiger partial charge is 0.324 e. The van der Waals surface area contributed by atoms with E-state index in [-0.39, 0.29) is 5.91 Å². The minimum absolute atomic E-state index is 0.0649. The van der Waals surface area contributed by atoms with Crippen LogP contribution < -0.4 is 5.32 Å². The molecule has 3 rings (SSSR count). The fraction of sp³-hybridized carbons (Fsp3) is 0.467. The molecule has 1 saturated carbocycles. The quantitative estimate of drug-likeness (QED) is 0.931. The van der Waals surface area contributed by atoms with Gasteiger partial charge in [0.15, 0.2) is 0 Å². The van der Waals surface area contributed by atoms with E-state index in [0.717, 1.165) is 10.9 Å². The van der Waals surface area contributed by atoms with Gasteiger partial charge in [-0.3, -0.25) is 9.78 Å². The average molecular weight is 270 g/mol. The molecule has 0 aromatic carbocycles. The molecule has 0 atom stereocenters. The van der Waals surface area contributed by atoms with E-state index < -0.39 is 0 Å². The van der Waals surface area contributed by atoms with Gasteiger partial charge in [0.05, 0.1) is 23.6 Å². The van der Waals surface area contributed by atoms with E-state index in [2.05, 4.69) is 20.3 Å². The Hall–Kier alpha value is -2.04. The molecule has 5 heteroatoms. The van der Waals surface area contributed by atoms with Gasteiger partial charge in [-0.15, -0.1) is 0 Å². The summed E-state index contributed by atoms with van der Waals surface area (Å²) in [5.41, 5.74) is 1.44. The monoisotopic (exact) mass is 270 g/mol. The molecule has 0 bridgehead atoms. The van der Waals surface area contributed by atoms with E-state index in [1.165, 1.54) is 38.4 Å². The smallest absolute Gasteiger partial charge is 0.224 e. The summed E-state index contributed by atoms with van der Waals surface area (Å²) < 4.78 is 0. The van der Waals surface area contributed by atoms with Crippen LogP contribution in [0.4, 0.5) is 5.69 Å². The zero-order valence-electron chi connectivity index (χ0n) is 11.4. The first-order valence-corrected chi connectivity index (χ1v) is 7.16. The second-order valence-electron chi connectivity index (χ2n) is 5.40. The number of nitrogens with one attached hydrogen (secondary N) is 1. The van der Waals surface area contributed by atoms with E-state index in [0.29, 0.717) is 18.0 Å². The van der Waals surface area contributed by atoms with E-state index in [1.54, 1.807) is 18.6 Å². The SMILES string of the molecule is O=C(CC1CCCCC1)Nc1cncc2ncncc12. The van der Waals surface area contributed by atoms with Crippen molar-refractivity contribution in [3.63, 3.8) is 0 Å². The van der Waals surface area contributed by atoms with Crippen LogP contribution in [0.1, 0.15) is 38.5 Å². The molecule has 1 N–H and O–H groups in total. The van der Waals surface area contributed by atoms with Crippen molar-refractivity contribution in [2.75, 3.05) is 5.32 Å². The van der Waals surface area contributed by atoms with Crippen LogP contribution in [0, 0.1) is 5.92 Å². The standard InChI is InChI=1S/C15H18N4O/c20-15(6-11-4-2-1-3-5-11)19-14-9-16-8-13-12(14)7-17-10-18-13/h7-11H,1-6H2,(H,19,20). The van der Waals surface area contributed by atoms with Gasteiger partial charge in [-0.2, -0.15) is 0 Å². The van der Waals surface area contributed by atoms with Gasteiger partial charge in [0.25, 0.3) is 0 Å². The van der Waals surface area contributed by atoms with E-state index in [1.807, 2.05) is 0 Å². The molecule has 0 unspecified atom stereocenters. The minimum atomic E-state index is 0.0649. The van der Waals surface area contributed by atoms with Crippen LogP contribution in [0.3, 0.4) is 0 Å². The molecule has 1 aliphatic rings. The van der Waals surface area contributed by atoms with Crippen molar-refractivity contribution >= 4 is 22.5 Å². The Kier molecular flexibility index (Phi) is 3.85. The van der Waals surface area contributed by atoms with Crippen LogP contribution >= 0.6 is 0 Å².